The van der Waals surface area contributed by atoms with E-state index in [1.54, 1.807) is 19.2 Å². The largest absolute Gasteiger partial charge is 0.506 e. The van der Waals surface area contributed by atoms with Crippen LogP contribution >= 0.6 is 0 Å². The molecule has 5 nitrogen and oxygen atoms in total. The van der Waals surface area contributed by atoms with Gasteiger partial charge in [0.1, 0.15) is 17.2 Å². The lowest BCUT2D eigenvalue weighted by molar-refractivity contribution is 0.0949. The van der Waals surface area contributed by atoms with Crippen LogP contribution in [-0.2, 0) is 0 Å². The van der Waals surface area contributed by atoms with Gasteiger partial charge in [-0.3, -0.25) is 4.79 Å². The number of phenols is 1. The van der Waals surface area contributed by atoms with Crippen molar-refractivity contribution in [1.82, 2.24) is 5.32 Å². The smallest absolute Gasteiger partial charge is 0.255 e. The molecule has 2 N–H and O–H groups in total. The van der Waals surface area contributed by atoms with E-state index in [0.717, 1.165) is 24.0 Å². The zero-order valence-electron chi connectivity index (χ0n) is 15.3. The number of hydrogen-bond donors (Lipinski definition) is 2. The third-order valence-electron chi connectivity index (χ3n) is 4.31. The summed E-state index contributed by atoms with van der Waals surface area (Å²) in [4.78, 5) is 12.5. The first kappa shape index (κ1) is 18.6. The van der Waals surface area contributed by atoms with Crippen LogP contribution in [0.5, 0.6) is 17.2 Å². The molecule has 0 unspecified atom stereocenters. The normalized spacial score (nSPS) is 10.6. The molecule has 0 aliphatic carbocycles. The van der Waals surface area contributed by atoms with Crippen LogP contribution in [0.4, 0.5) is 0 Å². The number of fused-ring (bicyclic) bond motifs is 1. The first-order chi connectivity index (χ1) is 13.2. The van der Waals surface area contributed by atoms with Crippen LogP contribution in [0.2, 0.25) is 0 Å². The minimum absolute atomic E-state index is 0.0312. The zero-order valence-corrected chi connectivity index (χ0v) is 15.3. The number of phenolic OH excluding ortho intramolecular Hbond substituents is 1. The number of benzene rings is 3. The van der Waals surface area contributed by atoms with Gasteiger partial charge in [-0.05, 0) is 31.0 Å². The van der Waals surface area contributed by atoms with Gasteiger partial charge in [0, 0.05) is 17.3 Å². The lowest BCUT2D eigenvalue weighted by atomic mass is 10.0. The van der Waals surface area contributed by atoms with Gasteiger partial charge in [0.05, 0.1) is 19.3 Å². The van der Waals surface area contributed by atoms with Crippen LogP contribution in [0.15, 0.2) is 60.7 Å². The summed E-state index contributed by atoms with van der Waals surface area (Å²) in [5, 5.41) is 14.7. The fraction of sp³-hybridized carbons (Fsp3) is 0.227. The monoisotopic (exact) mass is 365 g/mol. The van der Waals surface area contributed by atoms with Crippen molar-refractivity contribution in [2.45, 2.75) is 12.8 Å². The van der Waals surface area contributed by atoms with E-state index in [2.05, 4.69) is 5.32 Å². The Hall–Kier alpha value is -3.21. The maximum Gasteiger partial charge on any atom is 0.255 e. The third kappa shape index (κ3) is 4.50. The van der Waals surface area contributed by atoms with Crippen molar-refractivity contribution in [2.24, 2.45) is 0 Å². The van der Waals surface area contributed by atoms with Crippen LogP contribution in [0.1, 0.15) is 23.2 Å². The number of aromatic hydroxyl groups is 1. The van der Waals surface area contributed by atoms with Gasteiger partial charge >= 0.3 is 0 Å². The maximum atomic E-state index is 12.5. The standard InChI is InChI=1S/C22H23NO4/c1-26-20-15-19(21(24)18-12-6-5-11-17(18)20)22(25)23-13-7-8-14-27-16-9-3-2-4-10-16/h2-6,9-12,15,24H,7-8,13-14H2,1H3,(H,23,25). The summed E-state index contributed by atoms with van der Waals surface area (Å²) in [6.45, 7) is 1.10. The lowest BCUT2D eigenvalue weighted by Crippen LogP contribution is -2.25. The first-order valence-electron chi connectivity index (χ1n) is 8.95. The molecule has 0 atom stereocenters. The Morgan fingerprint density at radius 3 is 2.44 bits per heavy atom. The molecule has 5 heteroatoms. The van der Waals surface area contributed by atoms with Gasteiger partial charge in [-0.15, -0.1) is 0 Å². The Morgan fingerprint density at radius 1 is 1.00 bits per heavy atom. The highest BCUT2D eigenvalue weighted by atomic mass is 16.5. The second kappa shape index (κ2) is 8.94. The summed E-state index contributed by atoms with van der Waals surface area (Å²) in [6.07, 6.45) is 1.60. The molecule has 0 aromatic heterocycles. The molecule has 0 aliphatic heterocycles. The van der Waals surface area contributed by atoms with E-state index in [1.165, 1.54) is 0 Å². The molecule has 27 heavy (non-hydrogen) atoms. The van der Waals surface area contributed by atoms with Gasteiger partial charge in [0.25, 0.3) is 5.91 Å². The lowest BCUT2D eigenvalue weighted by Gasteiger charge is -2.12. The van der Waals surface area contributed by atoms with E-state index >= 15 is 0 Å². The Balaban J connectivity index is 1.54. The van der Waals surface area contributed by atoms with E-state index < -0.39 is 0 Å². The van der Waals surface area contributed by atoms with Crippen molar-refractivity contribution < 1.29 is 19.4 Å². The maximum absolute atomic E-state index is 12.5. The molecule has 1 amide bonds. The topological polar surface area (TPSA) is 67.8 Å². The molecule has 0 fully saturated rings. The SMILES string of the molecule is COc1cc(C(=O)NCCCCOc2ccccc2)c(O)c2ccccc12. The van der Waals surface area contributed by atoms with Crippen LogP contribution in [0.3, 0.4) is 0 Å². The van der Waals surface area contributed by atoms with E-state index in [-0.39, 0.29) is 17.2 Å². The Morgan fingerprint density at radius 2 is 1.70 bits per heavy atom. The number of carbonyl (C=O) groups excluding carboxylic acids is 1. The molecule has 140 valence electrons. The fourth-order valence-electron chi connectivity index (χ4n) is 2.90. The minimum Gasteiger partial charge on any atom is -0.506 e. The molecule has 3 rings (SSSR count). The second-order valence-corrected chi connectivity index (χ2v) is 6.15. The van der Waals surface area contributed by atoms with Crippen molar-refractivity contribution in [2.75, 3.05) is 20.3 Å². The highest BCUT2D eigenvalue weighted by Crippen LogP contribution is 2.35. The highest BCUT2D eigenvalue weighted by molar-refractivity contribution is 6.05. The number of ether oxygens (including phenoxy) is 2. The number of hydrogen-bond acceptors (Lipinski definition) is 4. The summed E-state index contributed by atoms with van der Waals surface area (Å²) >= 11 is 0. The van der Waals surface area contributed by atoms with Crippen LogP contribution in [0, 0.1) is 0 Å². The van der Waals surface area contributed by atoms with Crippen molar-refractivity contribution >= 4 is 16.7 Å². The Bertz CT molecular complexity index is 909. The summed E-state index contributed by atoms with van der Waals surface area (Å²) in [7, 11) is 1.55. The molecule has 0 heterocycles. The van der Waals surface area contributed by atoms with E-state index in [9.17, 15) is 9.90 Å². The molecular formula is C22H23NO4. The number of unbranched alkanes of at least 4 members (excludes halogenated alkanes) is 1. The van der Waals surface area contributed by atoms with Gasteiger partial charge in [-0.1, -0.05) is 42.5 Å². The third-order valence-corrected chi connectivity index (χ3v) is 4.31. The average Bonchev–Trinajstić information content (AvgIpc) is 2.71. The zero-order chi connectivity index (χ0) is 19.1. The average molecular weight is 365 g/mol. The molecule has 0 saturated heterocycles. The summed E-state index contributed by atoms with van der Waals surface area (Å²) in [5.41, 5.74) is 0.214. The summed E-state index contributed by atoms with van der Waals surface area (Å²) in [5.74, 6) is 1.05. The quantitative estimate of drug-likeness (QED) is 0.589. The molecular weight excluding hydrogens is 342 g/mol. The van der Waals surface area contributed by atoms with E-state index in [0.29, 0.717) is 24.3 Å². The molecule has 0 radical (unpaired) electrons. The van der Waals surface area contributed by atoms with Crippen molar-refractivity contribution in [3.63, 3.8) is 0 Å². The minimum atomic E-state index is -0.319. The van der Waals surface area contributed by atoms with Gasteiger partial charge in [0.15, 0.2) is 0 Å². The van der Waals surface area contributed by atoms with Gasteiger partial charge in [-0.25, -0.2) is 0 Å². The van der Waals surface area contributed by atoms with Crippen LogP contribution in [0.25, 0.3) is 10.8 Å². The molecule has 0 saturated carbocycles. The van der Waals surface area contributed by atoms with Crippen LogP contribution in [-0.4, -0.2) is 31.3 Å². The van der Waals surface area contributed by atoms with Crippen molar-refractivity contribution in [1.29, 1.82) is 0 Å². The number of rotatable bonds is 8. The molecule has 3 aromatic rings. The molecule has 0 aliphatic rings. The van der Waals surface area contributed by atoms with Crippen molar-refractivity contribution in [3.8, 4) is 17.2 Å². The molecule has 0 bridgehead atoms. The van der Waals surface area contributed by atoms with Gasteiger partial charge in [-0.2, -0.15) is 0 Å². The van der Waals surface area contributed by atoms with Crippen molar-refractivity contribution in [3.05, 3.63) is 66.2 Å². The summed E-state index contributed by atoms with van der Waals surface area (Å²) in [6, 6.07) is 18.5. The molecule has 3 aromatic carbocycles. The number of methoxy groups -OCH3 is 1. The number of carbonyl (C=O) groups is 1. The van der Waals surface area contributed by atoms with E-state index in [4.69, 9.17) is 9.47 Å². The predicted octanol–water partition coefficient (Wildman–Crippen LogP) is 4.14. The van der Waals surface area contributed by atoms with E-state index in [1.807, 2.05) is 48.5 Å². The first-order valence-corrected chi connectivity index (χ1v) is 8.95. The molecule has 0 spiro atoms. The Kier molecular flexibility index (Phi) is 6.15. The predicted molar refractivity (Wildman–Crippen MR) is 106 cm³/mol. The number of para-hydroxylation sites is 1. The second-order valence-electron chi connectivity index (χ2n) is 6.15. The number of nitrogens with one attached hydrogen (secondary N) is 1. The highest BCUT2D eigenvalue weighted by Gasteiger charge is 2.17. The fourth-order valence-corrected chi connectivity index (χ4v) is 2.90. The van der Waals surface area contributed by atoms with Gasteiger partial charge < -0.3 is 19.9 Å². The Labute approximate surface area is 158 Å². The van der Waals surface area contributed by atoms with Gasteiger partial charge in [0.2, 0.25) is 0 Å². The van der Waals surface area contributed by atoms with Crippen LogP contribution < -0.4 is 14.8 Å². The summed E-state index contributed by atoms with van der Waals surface area (Å²) < 4.78 is 11.0. The number of amides is 1.